The molecule has 0 bridgehead atoms. The number of rotatable bonds is 3. The van der Waals surface area contributed by atoms with Gasteiger partial charge in [0.1, 0.15) is 5.82 Å². The number of nitrogens with zero attached hydrogens (tertiary/aromatic N) is 2. The molecule has 0 radical (unpaired) electrons. The second kappa shape index (κ2) is 5.33. The fourth-order valence-corrected chi connectivity index (χ4v) is 3.12. The highest BCUT2D eigenvalue weighted by Gasteiger charge is 2.23. The molecule has 1 saturated heterocycles. The second-order valence-corrected chi connectivity index (χ2v) is 6.34. The van der Waals surface area contributed by atoms with E-state index < -0.39 is 0 Å². The van der Waals surface area contributed by atoms with E-state index in [0.29, 0.717) is 11.4 Å². The topological polar surface area (TPSA) is 81.6 Å². The van der Waals surface area contributed by atoms with E-state index in [4.69, 9.17) is 4.74 Å². The molecule has 1 aromatic heterocycles. The van der Waals surface area contributed by atoms with Gasteiger partial charge in [-0.05, 0) is 36.2 Å². The maximum Gasteiger partial charge on any atom is 0.200 e. The van der Waals surface area contributed by atoms with E-state index in [9.17, 15) is 10.2 Å². The number of imidazole rings is 1. The Labute approximate surface area is 139 Å². The summed E-state index contributed by atoms with van der Waals surface area (Å²) in [6.45, 7) is 4.39. The normalized spacial score (nSPS) is 14.8. The fourth-order valence-electron chi connectivity index (χ4n) is 3.12. The molecule has 1 fully saturated rings. The second-order valence-electron chi connectivity index (χ2n) is 6.34. The number of hydrogen-bond donors (Lipinski definition) is 3. The molecule has 0 unspecified atom stereocenters. The Balaban J connectivity index is 1.74. The van der Waals surface area contributed by atoms with Gasteiger partial charge in [0.25, 0.3) is 0 Å². The molecule has 3 aromatic rings. The third-order valence-electron chi connectivity index (χ3n) is 4.44. The number of aromatic hydroxyl groups is 2. The van der Waals surface area contributed by atoms with Crippen molar-refractivity contribution in [2.24, 2.45) is 5.92 Å². The summed E-state index contributed by atoms with van der Waals surface area (Å²) in [5, 5.41) is 19.6. The first kappa shape index (κ1) is 14.7. The monoisotopic (exact) mass is 325 g/mol. The van der Waals surface area contributed by atoms with Crippen molar-refractivity contribution in [1.82, 2.24) is 9.97 Å². The van der Waals surface area contributed by atoms with Gasteiger partial charge in [-0.3, -0.25) is 0 Å². The van der Waals surface area contributed by atoms with Gasteiger partial charge in [-0.1, -0.05) is 6.92 Å². The summed E-state index contributed by atoms with van der Waals surface area (Å²) in [5.41, 5.74) is 3.62. The van der Waals surface area contributed by atoms with E-state index in [0.717, 1.165) is 30.0 Å². The van der Waals surface area contributed by atoms with Crippen LogP contribution >= 0.6 is 0 Å². The van der Waals surface area contributed by atoms with Crippen LogP contribution in [-0.2, 0) is 0 Å². The number of methoxy groups -OCH3 is 1. The van der Waals surface area contributed by atoms with E-state index >= 15 is 0 Å². The molecule has 3 N–H and O–H groups in total. The van der Waals surface area contributed by atoms with Crippen LogP contribution in [0.15, 0.2) is 30.3 Å². The Kier molecular flexibility index (Phi) is 3.26. The van der Waals surface area contributed by atoms with Crippen molar-refractivity contribution in [3.63, 3.8) is 0 Å². The lowest BCUT2D eigenvalue weighted by Crippen LogP contribution is -2.45. The number of fused-ring (bicyclic) bond motifs is 1. The quantitative estimate of drug-likeness (QED) is 0.645. The van der Waals surface area contributed by atoms with Crippen LogP contribution < -0.4 is 9.64 Å². The summed E-state index contributed by atoms with van der Waals surface area (Å²) in [5.74, 6) is 1.06. The largest absolute Gasteiger partial charge is 0.504 e. The van der Waals surface area contributed by atoms with E-state index in [1.165, 1.54) is 18.9 Å². The molecule has 4 rings (SSSR count). The van der Waals surface area contributed by atoms with Crippen LogP contribution in [-0.4, -0.2) is 40.4 Å². The Morgan fingerprint density at radius 1 is 1.21 bits per heavy atom. The standard InChI is InChI=1S/C18H19N3O3/c1-10-8-21(9-10)12-3-4-13-14(7-12)20-18(19-13)11-5-15(22)17(23)16(6-11)24-2/h3-7,10,22-23H,8-9H2,1-2H3,(H,19,20). The Morgan fingerprint density at radius 3 is 2.71 bits per heavy atom. The molecular weight excluding hydrogens is 306 g/mol. The van der Waals surface area contributed by atoms with Crippen LogP contribution in [0, 0.1) is 5.92 Å². The number of nitrogens with one attached hydrogen (secondary N) is 1. The predicted molar refractivity (Wildman–Crippen MR) is 92.8 cm³/mol. The number of aromatic amines is 1. The van der Waals surface area contributed by atoms with E-state index in [-0.39, 0.29) is 17.2 Å². The van der Waals surface area contributed by atoms with Crippen LogP contribution in [0.3, 0.4) is 0 Å². The molecule has 124 valence electrons. The van der Waals surface area contributed by atoms with Gasteiger partial charge in [0.05, 0.1) is 18.1 Å². The van der Waals surface area contributed by atoms with Crippen LogP contribution in [0.5, 0.6) is 17.2 Å². The van der Waals surface area contributed by atoms with Crippen molar-refractivity contribution in [3.8, 4) is 28.6 Å². The number of H-pyrrole nitrogens is 1. The van der Waals surface area contributed by atoms with Gasteiger partial charge < -0.3 is 24.8 Å². The SMILES string of the molecule is COc1cc(-c2nc3cc(N4CC(C)C4)ccc3[nH]2)cc(O)c1O. The van der Waals surface area contributed by atoms with Crippen molar-refractivity contribution >= 4 is 16.7 Å². The smallest absolute Gasteiger partial charge is 0.200 e. The summed E-state index contributed by atoms with van der Waals surface area (Å²) in [6, 6.07) is 9.28. The van der Waals surface area contributed by atoms with Gasteiger partial charge in [-0.2, -0.15) is 0 Å². The van der Waals surface area contributed by atoms with Gasteiger partial charge in [0.15, 0.2) is 11.5 Å². The molecule has 0 amide bonds. The van der Waals surface area contributed by atoms with Gasteiger partial charge in [0.2, 0.25) is 5.75 Å². The summed E-state index contributed by atoms with van der Waals surface area (Å²) >= 11 is 0. The summed E-state index contributed by atoms with van der Waals surface area (Å²) in [6.07, 6.45) is 0. The number of phenols is 2. The average molecular weight is 325 g/mol. The van der Waals surface area contributed by atoms with Gasteiger partial charge in [-0.25, -0.2) is 4.98 Å². The molecule has 24 heavy (non-hydrogen) atoms. The third-order valence-corrected chi connectivity index (χ3v) is 4.44. The van der Waals surface area contributed by atoms with Crippen LogP contribution in [0.4, 0.5) is 5.69 Å². The van der Waals surface area contributed by atoms with Crippen molar-refractivity contribution in [1.29, 1.82) is 0 Å². The molecule has 2 heterocycles. The minimum atomic E-state index is -0.272. The van der Waals surface area contributed by atoms with Gasteiger partial charge in [0, 0.05) is 24.3 Å². The highest BCUT2D eigenvalue weighted by atomic mass is 16.5. The lowest BCUT2D eigenvalue weighted by atomic mass is 10.0. The fraction of sp³-hybridized carbons (Fsp3) is 0.278. The molecule has 0 atom stereocenters. The first-order chi connectivity index (χ1) is 11.5. The zero-order chi connectivity index (χ0) is 16.8. The Hall–Kier alpha value is -2.89. The summed E-state index contributed by atoms with van der Waals surface area (Å²) < 4.78 is 5.09. The number of aromatic nitrogens is 2. The van der Waals surface area contributed by atoms with Gasteiger partial charge >= 0.3 is 0 Å². The van der Waals surface area contributed by atoms with Crippen molar-refractivity contribution in [2.75, 3.05) is 25.1 Å². The first-order valence-corrected chi connectivity index (χ1v) is 7.90. The molecule has 6 nitrogen and oxygen atoms in total. The molecule has 6 heteroatoms. The maximum absolute atomic E-state index is 9.85. The zero-order valence-corrected chi connectivity index (χ0v) is 13.6. The lowest BCUT2D eigenvalue weighted by molar-refractivity contribution is 0.351. The van der Waals surface area contributed by atoms with Gasteiger partial charge in [-0.15, -0.1) is 0 Å². The molecule has 0 spiro atoms. The van der Waals surface area contributed by atoms with E-state index in [1.807, 2.05) is 6.07 Å². The molecular formula is C18H19N3O3. The third kappa shape index (κ3) is 2.31. The molecule has 0 aliphatic carbocycles. The molecule has 0 saturated carbocycles. The number of anilines is 1. The highest BCUT2D eigenvalue weighted by Crippen LogP contribution is 2.39. The first-order valence-electron chi connectivity index (χ1n) is 7.90. The van der Waals surface area contributed by atoms with Crippen LogP contribution in [0.2, 0.25) is 0 Å². The number of ether oxygens (including phenoxy) is 1. The van der Waals surface area contributed by atoms with Crippen LogP contribution in [0.25, 0.3) is 22.4 Å². The summed E-state index contributed by atoms with van der Waals surface area (Å²) in [4.78, 5) is 10.2. The minimum absolute atomic E-state index is 0.209. The zero-order valence-electron chi connectivity index (χ0n) is 13.6. The van der Waals surface area contributed by atoms with Crippen LogP contribution in [0.1, 0.15) is 6.92 Å². The van der Waals surface area contributed by atoms with E-state index in [1.54, 1.807) is 6.07 Å². The average Bonchev–Trinajstić information content (AvgIpc) is 2.97. The maximum atomic E-state index is 9.85. The molecule has 2 aromatic carbocycles. The van der Waals surface area contributed by atoms with Crippen molar-refractivity contribution in [2.45, 2.75) is 6.92 Å². The molecule has 1 aliphatic heterocycles. The Morgan fingerprint density at radius 2 is 2.00 bits per heavy atom. The lowest BCUT2D eigenvalue weighted by Gasteiger charge is -2.39. The highest BCUT2D eigenvalue weighted by molar-refractivity contribution is 5.83. The Bertz CT molecular complexity index is 913. The van der Waals surface area contributed by atoms with Crippen molar-refractivity contribution < 1.29 is 14.9 Å². The number of phenolic OH excluding ortho intramolecular Hbond substituents is 2. The summed E-state index contributed by atoms with van der Waals surface area (Å²) in [7, 11) is 1.44. The molecule has 1 aliphatic rings. The van der Waals surface area contributed by atoms with Crippen molar-refractivity contribution in [3.05, 3.63) is 30.3 Å². The minimum Gasteiger partial charge on any atom is -0.504 e. The number of benzene rings is 2. The van der Waals surface area contributed by atoms with E-state index in [2.05, 4.69) is 33.9 Å². The predicted octanol–water partition coefficient (Wildman–Crippen LogP) is 3.11. The number of hydrogen-bond acceptors (Lipinski definition) is 5.